The Hall–Kier alpha value is -0.330. The summed E-state index contributed by atoms with van der Waals surface area (Å²) in [6.45, 7) is 1.71. The molecule has 0 aromatic heterocycles. The standard InChI is InChI=1S/C10H12BrClFNO2S/c1-7(5-12)6-17(15,16)14-10-8(11)3-2-4-9(10)13/h2-4,7,14H,5-6H2,1H3. The molecule has 0 saturated heterocycles. The molecule has 0 saturated carbocycles. The molecule has 7 heteroatoms. The normalized spacial score (nSPS) is 13.4. The first-order valence-corrected chi connectivity index (χ1v) is 7.84. The lowest BCUT2D eigenvalue weighted by Gasteiger charge is -2.12. The maximum absolute atomic E-state index is 13.4. The molecule has 1 atom stereocenters. The number of sulfonamides is 1. The fraction of sp³-hybridized carbons (Fsp3) is 0.400. The molecule has 1 unspecified atom stereocenters. The van der Waals surface area contributed by atoms with Crippen LogP contribution in [0.4, 0.5) is 10.1 Å². The van der Waals surface area contributed by atoms with Gasteiger partial charge >= 0.3 is 0 Å². The van der Waals surface area contributed by atoms with Gasteiger partial charge in [0.15, 0.2) is 0 Å². The molecule has 1 aromatic rings. The van der Waals surface area contributed by atoms with Gasteiger partial charge in [0.2, 0.25) is 10.0 Å². The van der Waals surface area contributed by atoms with Gasteiger partial charge in [-0.25, -0.2) is 12.8 Å². The second-order valence-electron chi connectivity index (χ2n) is 3.74. The van der Waals surface area contributed by atoms with Gasteiger partial charge in [-0.1, -0.05) is 13.0 Å². The topological polar surface area (TPSA) is 46.2 Å². The monoisotopic (exact) mass is 343 g/mol. The molecule has 1 rings (SSSR count). The van der Waals surface area contributed by atoms with E-state index in [-0.39, 0.29) is 23.2 Å². The summed E-state index contributed by atoms with van der Waals surface area (Å²) in [5, 5.41) is 0. The highest BCUT2D eigenvalue weighted by molar-refractivity contribution is 9.10. The smallest absolute Gasteiger partial charge is 0.233 e. The minimum absolute atomic E-state index is 0.0747. The van der Waals surface area contributed by atoms with Crippen molar-refractivity contribution in [3.8, 4) is 0 Å². The van der Waals surface area contributed by atoms with Crippen LogP contribution in [0.2, 0.25) is 0 Å². The van der Waals surface area contributed by atoms with Gasteiger partial charge in [-0.2, -0.15) is 0 Å². The molecule has 0 radical (unpaired) electrons. The Bertz CT molecular complexity index is 475. The van der Waals surface area contributed by atoms with E-state index >= 15 is 0 Å². The highest BCUT2D eigenvalue weighted by Gasteiger charge is 2.18. The molecule has 3 nitrogen and oxygen atoms in total. The summed E-state index contributed by atoms with van der Waals surface area (Å²) < 4.78 is 39.4. The summed E-state index contributed by atoms with van der Waals surface area (Å²) in [7, 11) is -3.60. The van der Waals surface area contributed by atoms with E-state index in [1.54, 1.807) is 13.0 Å². The predicted molar refractivity (Wildman–Crippen MR) is 71.4 cm³/mol. The van der Waals surface area contributed by atoms with Crippen LogP contribution in [0.5, 0.6) is 0 Å². The number of hydrogen-bond donors (Lipinski definition) is 1. The van der Waals surface area contributed by atoms with Gasteiger partial charge in [-0.15, -0.1) is 11.6 Å². The van der Waals surface area contributed by atoms with Crippen molar-refractivity contribution in [2.75, 3.05) is 16.4 Å². The number of hydrogen-bond acceptors (Lipinski definition) is 2. The molecular weight excluding hydrogens is 333 g/mol. The maximum atomic E-state index is 13.4. The van der Waals surface area contributed by atoms with E-state index < -0.39 is 15.8 Å². The van der Waals surface area contributed by atoms with Gasteiger partial charge in [0.05, 0.1) is 11.4 Å². The number of halogens is 3. The lowest BCUT2D eigenvalue weighted by molar-refractivity contribution is 0.586. The van der Waals surface area contributed by atoms with Crippen LogP contribution in [0, 0.1) is 11.7 Å². The number of benzene rings is 1. The molecule has 0 bridgehead atoms. The zero-order valence-corrected chi connectivity index (χ0v) is 12.2. The van der Waals surface area contributed by atoms with Crippen molar-refractivity contribution in [1.29, 1.82) is 0 Å². The molecule has 0 amide bonds. The van der Waals surface area contributed by atoms with Crippen LogP contribution in [0.25, 0.3) is 0 Å². The first-order chi connectivity index (χ1) is 7.85. The molecule has 1 N–H and O–H groups in total. The summed E-state index contributed by atoms with van der Waals surface area (Å²) in [6, 6.07) is 4.23. The Morgan fingerprint density at radius 2 is 2.18 bits per heavy atom. The van der Waals surface area contributed by atoms with Gasteiger partial charge in [0, 0.05) is 10.4 Å². The van der Waals surface area contributed by atoms with E-state index in [0.717, 1.165) is 0 Å². The van der Waals surface area contributed by atoms with Gasteiger partial charge in [-0.05, 0) is 34.0 Å². The highest BCUT2D eigenvalue weighted by Crippen LogP contribution is 2.26. The minimum Gasteiger partial charge on any atom is -0.279 e. The number of nitrogens with one attached hydrogen (secondary N) is 1. The van der Waals surface area contributed by atoms with Crippen molar-refractivity contribution in [2.24, 2.45) is 5.92 Å². The molecule has 1 aromatic carbocycles. The third kappa shape index (κ3) is 4.44. The molecule has 0 aliphatic carbocycles. The largest absolute Gasteiger partial charge is 0.279 e. The number of para-hydroxylation sites is 1. The fourth-order valence-electron chi connectivity index (χ4n) is 1.21. The minimum atomic E-state index is -3.60. The Labute approximate surface area is 114 Å². The van der Waals surface area contributed by atoms with Crippen molar-refractivity contribution >= 4 is 43.2 Å². The molecular formula is C10H12BrClFNO2S. The van der Waals surface area contributed by atoms with Crippen LogP contribution in [0.1, 0.15) is 6.92 Å². The Morgan fingerprint density at radius 3 is 2.71 bits per heavy atom. The lowest BCUT2D eigenvalue weighted by Crippen LogP contribution is -2.22. The average Bonchev–Trinajstić information content (AvgIpc) is 2.23. The summed E-state index contributed by atoms with van der Waals surface area (Å²) in [6.07, 6.45) is 0. The number of anilines is 1. The summed E-state index contributed by atoms with van der Waals surface area (Å²) >= 11 is 8.64. The third-order valence-corrected chi connectivity index (χ3v) is 4.70. The Kier molecular flexibility index (Phi) is 5.22. The summed E-state index contributed by atoms with van der Waals surface area (Å²) in [5.74, 6) is -0.724. The van der Waals surface area contributed by atoms with Crippen LogP contribution in [-0.2, 0) is 10.0 Å². The molecule has 17 heavy (non-hydrogen) atoms. The molecule has 0 aliphatic heterocycles. The SMILES string of the molecule is CC(CCl)CS(=O)(=O)Nc1c(F)cccc1Br. The van der Waals surface area contributed by atoms with Crippen molar-refractivity contribution < 1.29 is 12.8 Å². The average molecular weight is 345 g/mol. The van der Waals surface area contributed by atoms with E-state index in [4.69, 9.17) is 11.6 Å². The first-order valence-electron chi connectivity index (χ1n) is 4.86. The number of rotatable bonds is 5. The van der Waals surface area contributed by atoms with Gasteiger partial charge in [0.25, 0.3) is 0 Å². The highest BCUT2D eigenvalue weighted by atomic mass is 79.9. The third-order valence-electron chi connectivity index (χ3n) is 1.99. The van der Waals surface area contributed by atoms with E-state index in [2.05, 4.69) is 20.7 Å². The number of alkyl halides is 1. The van der Waals surface area contributed by atoms with E-state index in [1.165, 1.54) is 12.1 Å². The lowest BCUT2D eigenvalue weighted by atomic mass is 10.3. The van der Waals surface area contributed by atoms with Crippen LogP contribution < -0.4 is 4.72 Å². The molecule has 0 heterocycles. The predicted octanol–water partition coefficient (Wildman–Crippen LogP) is 3.20. The van der Waals surface area contributed by atoms with Crippen molar-refractivity contribution in [1.82, 2.24) is 0 Å². The first kappa shape index (κ1) is 14.7. The van der Waals surface area contributed by atoms with E-state index in [0.29, 0.717) is 4.47 Å². The molecule has 0 fully saturated rings. The van der Waals surface area contributed by atoms with Crippen molar-refractivity contribution in [3.05, 3.63) is 28.5 Å². The van der Waals surface area contributed by atoms with Crippen LogP contribution >= 0.6 is 27.5 Å². The zero-order valence-electron chi connectivity index (χ0n) is 9.08. The van der Waals surface area contributed by atoms with Crippen LogP contribution in [0.15, 0.2) is 22.7 Å². The molecule has 96 valence electrons. The zero-order chi connectivity index (χ0) is 13.1. The van der Waals surface area contributed by atoms with Crippen LogP contribution in [-0.4, -0.2) is 20.1 Å². The van der Waals surface area contributed by atoms with Crippen LogP contribution in [0.3, 0.4) is 0 Å². The van der Waals surface area contributed by atoms with Crippen molar-refractivity contribution in [2.45, 2.75) is 6.92 Å². The summed E-state index contributed by atoms with van der Waals surface area (Å²) in [4.78, 5) is 0. The maximum Gasteiger partial charge on any atom is 0.233 e. The van der Waals surface area contributed by atoms with Gasteiger partial charge < -0.3 is 0 Å². The molecule has 0 spiro atoms. The van der Waals surface area contributed by atoms with Gasteiger partial charge in [-0.3, -0.25) is 4.72 Å². The Balaban J connectivity index is 2.91. The molecule has 0 aliphatic rings. The Morgan fingerprint density at radius 1 is 1.53 bits per heavy atom. The van der Waals surface area contributed by atoms with Crippen molar-refractivity contribution in [3.63, 3.8) is 0 Å². The second kappa shape index (κ2) is 6.02. The quantitative estimate of drug-likeness (QED) is 0.834. The van der Waals surface area contributed by atoms with E-state index in [1.807, 2.05) is 0 Å². The summed E-state index contributed by atoms with van der Waals surface area (Å²) in [5.41, 5.74) is -0.0747. The fourth-order valence-corrected chi connectivity index (χ4v) is 3.49. The second-order valence-corrected chi connectivity index (χ2v) is 6.67. The van der Waals surface area contributed by atoms with Gasteiger partial charge in [0.1, 0.15) is 5.82 Å². The van der Waals surface area contributed by atoms with E-state index in [9.17, 15) is 12.8 Å².